The topological polar surface area (TPSA) is 80.6 Å². The van der Waals surface area contributed by atoms with Crippen molar-refractivity contribution in [2.24, 2.45) is 0 Å². The number of carbonyl (C=O) groups excluding carboxylic acids is 2. The van der Waals surface area contributed by atoms with Gasteiger partial charge in [0.15, 0.2) is 0 Å². The number of rotatable bonds is 8. The van der Waals surface area contributed by atoms with Crippen LogP contribution in [0.3, 0.4) is 0 Å². The number of nitrogens with one attached hydrogen (secondary N) is 2. The predicted molar refractivity (Wildman–Crippen MR) is 94.5 cm³/mol. The Morgan fingerprint density at radius 1 is 1.32 bits per heavy atom. The van der Waals surface area contributed by atoms with E-state index in [-0.39, 0.29) is 24.8 Å². The molecule has 2 amide bonds. The second kappa shape index (κ2) is 9.13. The zero-order chi connectivity index (χ0) is 18.2. The van der Waals surface area contributed by atoms with Crippen molar-refractivity contribution in [1.82, 2.24) is 10.6 Å². The van der Waals surface area contributed by atoms with Crippen LogP contribution in [-0.2, 0) is 22.6 Å². The Bertz CT molecular complexity index is 716. The molecule has 7 heteroatoms. The van der Waals surface area contributed by atoms with Crippen LogP contribution in [0.1, 0.15) is 24.7 Å². The van der Waals surface area contributed by atoms with Gasteiger partial charge in [-0.3, -0.25) is 9.59 Å². The summed E-state index contributed by atoms with van der Waals surface area (Å²) in [6.45, 7) is 1.93. The molecule has 0 radical (unpaired) electrons. The predicted octanol–water partition coefficient (Wildman–Crippen LogP) is 2.70. The third-order valence-corrected chi connectivity index (χ3v) is 3.94. The number of ether oxygens (including phenoxy) is 1. The lowest BCUT2D eigenvalue weighted by atomic mass is 10.1. The van der Waals surface area contributed by atoms with Crippen molar-refractivity contribution in [3.63, 3.8) is 0 Å². The largest absolute Gasteiger partial charge is 0.495 e. The van der Waals surface area contributed by atoms with Crippen molar-refractivity contribution in [1.29, 1.82) is 0 Å². The molecule has 0 bridgehead atoms. The van der Waals surface area contributed by atoms with E-state index < -0.39 is 6.04 Å². The van der Waals surface area contributed by atoms with Gasteiger partial charge in [-0.05, 0) is 43.2 Å². The number of amides is 2. The second-order valence-electron chi connectivity index (χ2n) is 5.56. The number of carbonyl (C=O) groups is 2. The number of methoxy groups -OCH3 is 1. The number of aryl methyl sites for hydroxylation is 1. The number of halogens is 1. The lowest BCUT2D eigenvalue weighted by Gasteiger charge is -2.14. The number of hydrogen-bond donors (Lipinski definition) is 2. The summed E-state index contributed by atoms with van der Waals surface area (Å²) < 4.78 is 10.2. The summed E-state index contributed by atoms with van der Waals surface area (Å²) in [6.07, 6.45) is 2.33. The van der Waals surface area contributed by atoms with Gasteiger partial charge < -0.3 is 19.8 Å². The van der Waals surface area contributed by atoms with Gasteiger partial charge in [0.1, 0.15) is 17.6 Å². The van der Waals surface area contributed by atoms with Crippen molar-refractivity contribution in [2.75, 3.05) is 7.11 Å². The van der Waals surface area contributed by atoms with Crippen LogP contribution in [0.25, 0.3) is 0 Å². The molecule has 0 saturated heterocycles. The van der Waals surface area contributed by atoms with Crippen LogP contribution in [0.2, 0.25) is 5.02 Å². The van der Waals surface area contributed by atoms with Crippen LogP contribution >= 0.6 is 11.6 Å². The highest BCUT2D eigenvalue weighted by Gasteiger charge is 2.15. The van der Waals surface area contributed by atoms with E-state index in [1.54, 1.807) is 38.3 Å². The van der Waals surface area contributed by atoms with Crippen molar-refractivity contribution in [2.45, 2.75) is 32.4 Å². The minimum Gasteiger partial charge on any atom is -0.495 e. The van der Waals surface area contributed by atoms with Gasteiger partial charge in [0.05, 0.1) is 24.9 Å². The van der Waals surface area contributed by atoms with Gasteiger partial charge in [0, 0.05) is 6.42 Å². The molecule has 0 aliphatic rings. The highest BCUT2D eigenvalue weighted by atomic mass is 35.5. The zero-order valence-corrected chi connectivity index (χ0v) is 14.9. The molecule has 0 saturated carbocycles. The Morgan fingerprint density at radius 3 is 2.76 bits per heavy atom. The van der Waals surface area contributed by atoms with E-state index in [2.05, 4.69) is 10.6 Å². The fourth-order valence-corrected chi connectivity index (χ4v) is 2.52. The average molecular weight is 365 g/mol. The molecule has 0 aliphatic carbocycles. The normalized spacial score (nSPS) is 11.6. The Labute approximate surface area is 151 Å². The van der Waals surface area contributed by atoms with E-state index in [0.29, 0.717) is 23.0 Å². The van der Waals surface area contributed by atoms with Crippen LogP contribution in [0, 0.1) is 0 Å². The maximum Gasteiger partial charge on any atom is 0.242 e. The number of furan rings is 1. The number of benzene rings is 1. The Hall–Kier alpha value is -2.47. The zero-order valence-electron chi connectivity index (χ0n) is 14.2. The van der Waals surface area contributed by atoms with E-state index in [1.807, 2.05) is 6.07 Å². The second-order valence-corrected chi connectivity index (χ2v) is 5.96. The van der Waals surface area contributed by atoms with Crippen molar-refractivity contribution < 1.29 is 18.7 Å². The molecule has 0 fully saturated rings. The quantitative estimate of drug-likeness (QED) is 0.754. The molecule has 1 aromatic heterocycles. The molecule has 2 N–H and O–H groups in total. The van der Waals surface area contributed by atoms with Gasteiger partial charge in [-0.15, -0.1) is 0 Å². The van der Waals surface area contributed by atoms with Crippen molar-refractivity contribution >= 4 is 23.4 Å². The molecule has 6 nitrogen and oxygen atoms in total. The number of hydrogen-bond acceptors (Lipinski definition) is 4. The maximum atomic E-state index is 12.0. The van der Waals surface area contributed by atoms with Crippen LogP contribution in [0.15, 0.2) is 41.0 Å². The lowest BCUT2D eigenvalue weighted by molar-refractivity contribution is -0.128. The van der Waals surface area contributed by atoms with Gasteiger partial charge >= 0.3 is 0 Å². The summed E-state index contributed by atoms with van der Waals surface area (Å²) in [4.78, 5) is 24.0. The van der Waals surface area contributed by atoms with Gasteiger partial charge in [0.2, 0.25) is 11.8 Å². The third kappa shape index (κ3) is 5.83. The summed E-state index contributed by atoms with van der Waals surface area (Å²) >= 11 is 6.06. The monoisotopic (exact) mass is 364 g/mol. The van der Waals surface area contributed by atoms with Crippen LogP contribution < -0.4 is 15.4 Å². The molecule has 2 rings (SSSR count). The standard InChI is InChI=1S/C18H21ClN2O4/c1-12(18(23)20-11-14-4-3-9-25-14)21-17(22)8-6-13-5-7-16(24-2)15(19)10-13/h3-5,7,9-10,12H,6,8,11H2,1-2H3,(H,20,23)(H,21,22). The fourth-order valence-electron chi connectivity index (χ4n) is 2.24. The highest BCUT2D eigenvalue weighted by molar-refractivity contribution is 6.32. The van der Waals surface area contributed by atoms with Crippen LogP contribution in [0.4, 0.5) is 0 Å². The minimum atomic E-state index is -0.623. The molecule has 1 aromatic carbocycles. The molecule has 0 spiro atoms. The molecule has 1 heterocycles. The Kier molecular flexibility index (Phi) is 6.89. The summed E-state index contributed by atoms with van der Waals surface area (Å²) in [5.41, 5.74) is 0.927. The molecule has 1 unspecified atom stereocenters. The Morgan fingerprint density at radius 2 is 2.12 bits per heavy atom. The van der Waals surface area contributed by atoms with E-state index in [1.165, 1.54) is 6.26 Å². The smallest absolute Gasteiger partial charge is 0.242 e. The highest BCUT2D eigenvalue weighted by Crippen LogP contribution is 2.25. The van der Waals surface area contributed by atoms with Gasteiger partial charge in [0.25, 0.3) is 0 Å². The average Bonchev–Trinajstić information content (AvgIpc) is 3.11. The SMILES string of the molecule is COc1ccc(CCC(=O)NC(C)C(=O)NCc2ccco2)cc1Cl. The van der Waals surface area contributed by atoms with E-state index in [0.717, 1.165) is 5.56 Å². The van der Waals surface area contributed by atoms with E-state index in [9.17, 15) is 9.59 Å². The summed E-state index contributed by atoms with van der Waals surface area (Å²) in [5.74, 6) is 0.782. The van der Waals surface area contributed by atoms with Gasteiger partial charge in [-0.2, -0.15) is 0 Å². The Balaban J connectivity index is 1.75. The fraction of sp³-hybridized carbons (Fsp3) is 0.333. The molecule has 2 aromatic rings. The van der Waals surface area contributed by atoms with Crippen LogP contribution in [0.5, 0.6) is 5.75 Å². The lowest BCUT2D eigenvalue weighted by Crippen LogP contribution is -2.44. The molecule has 134 valence electrons. The molecule has 1 atom stereocenters. The van der Waals surface area contributed by atoms with E-state index in [4.69, 9.17) is 20.8 Å². The first-order valence-electron chi connectivity index (χ1n) is 7.91. The van der Waals surface area contributed by atoms with Gasteiger partial charge in [-0.1, -0.05) is 17.7 Å². The minimum absolute atomic E-state index is 0.201. The van der Waals surface area contributed by atoms with Crippen LogP contribution in [-0.4, -0.2) is 25.0 Å². The summed E-state index contributed by atoms with van der Waals surface area (Å²) in [6, 6.07) is 8.29. The van der Waals surface area contributed by atoms with E-state index >= 15 is 0 Å². The van der Waals surface area contributed by atoms with Crippen molar-refractivity contribution in [3.8, 4) is 5.75 Å². The molecule has 25 heavy (non-hydrogen) atoms. The maximum absolute atomic E-state index is 12.0. The molecular formula is C18H21ClN2O4. The first-order chi connectivity index (χ1) is 12.0. The first-order valence-corrected chi connectivity index (χ1v) is 8.29. The third-order valence-electron chi connectivity index (χ3n) is 3.64. The molecular weight excluding hydrogens is 344 g/mol. The first kappa shape index (κ1) is 18.9. The van der Waals surface area contributed by atoms with Crippen molar-refractivity contribution in [3.05, 3.63) is 52.9 Å². The van der Waals surface area contributed by atoms with Gasteiger partial charge in [-0.25, -0.2) is 0 Å². The molecule has 0 aliphatic heterocycles. The summed E-state index contributed by atoms with van der Waals surface area (Å²) in [7, 11) is 1.55. The summed E-state index contributed by atoms with van der Waals surface area (Å²) in [5, 5.41) is 5.89.